The van der Waals surface area contributed by atoms with Crippen LogP contribution in [0.3, 0.4) is 0 Å². The Kier molecular flexibility index (Phi) is 11.7. The van der Waals surface area contributed by atoms with Crippen molar-refractivity contribution in [3.63, 3.8) is 0 Å². The highest BCUT2D eigenvalue weighted by atomic mass is 16.7. The number of nitrogens with zero attached hydrogens (tertiary/aromatic N) is 1. The number of unbranched alkanes of at least 4 members (excludes halogenated alkanes) is 6. The molecule has 0 aliphatic rings. The Labute approximate surface area is 190 Å². The van der Waals surface area contributed by atoms with Gasteiger partial charge in [0.2, 0.25) is 17.7 Å². The van der Waals surface area contributed by atoms with Crippen molar-refractivity contribution in [3.8, 4) is 11.8 Å². The van der Waals surface area contributed by atoms with E-state index in [0.29, 0.717) is 11.2 Å². The zero-order chi connectivity index (χ0) is 24.1. The molecule has 0 saturated carbocycles. The zero-order valence-corrected chi connectivity index (χ0v) is 19.7. The van der Waals surface area contributed by atoms with Crippen LogP contribution < -0.4 is 10.2 Å². The molecule has 0 aliphatic heterocycles. The summed E-state index contributed by atoms with van der Waals surface area (Å²) in [4.78, 5) is 41.9. The molecule has 0 aliphatic carbocycles. The number of hydrogen-bond acceptors (Lipinski definition) is 7. The predicted octanol–water partition coefficient (Wildman–Crippen LogP) is 3.60. The Morgan fingerprint density at radius 3 is 2.09 bits per heavy atom. The summed E-state index contributed by atoms with van der Waals surface area (Å²) >= 11 is 0. The molecule has 1 heterocycles. The van der Waals surface area contributed by atoms with Crippen LogP contribution in [0.2, 0.25) is 0 Å². The van der Waals surface area contributed by atoms with E-state index in [1.165, 1.54) is 19.3 Å². The fourth-order valence-corrected chi connectivity index (χ4v) is 3.04. The van der Waals surface area contributed by atoms with Crippen LogP contribution in [0.4, 0.5) is 0 Å². The van der Waals surface area contributed by atoms with Gasteiger partial charge in [0, 0.05) is 18.6 Å². The van der Waals surface area contributed by atoms with E-state index in [9.17, 15) is 24.6 Å². The van der Waals surface area contributed by atoms with E-state index in [2.05, 4.69) is 12.2 Å². The molecule has 1 atom stereocenters. The number of aromatic nitrogens is 1. The summed E-state index contributed by atoms with van der Waals surface area (Å²) in [5, 5.41) is 21.8. The van der Waals surface area contributed by atoms with Gasteiger partial charge in [0.05, 0.1) is 6.42 Å². The monoisotopic (exact) mass is 454 g/mol. The topological polar surface area (TPSA) is 127 Å². The standard InChI is InChI=1S/C23H38N2O7/c1-5-6-7-8-9-10-11-12-18(26)24-17(22(30)31-23(2,3)4)13-16-21(29)32-25-19(27)14-15-20(25)28/h14-15,17,27-28H,5-13,16H2,1-4H3,(H,24,26)/t17-/m0/s1. The van der Waals surface area contributed by atoms with Crippen LogP contribution in [0, 0.1) is 0 Å². The van der Waals surface area contributed by atoms with E-state index in [1.54, 1.807) is 20.8 Å². The number of ether oxygens (including phenoxy) is 1. The lowest BCUT2D eigenvalue weighted by Gasteiger charge is -2.24. The molecule has 0 bridgehead atoms. The molecule has 1 rings (SSSR count). The first-order valence-electron chi connectivity index (χ1n) is 11.4. The summed E-state index contributed by atoms with van der Waals surface area (Å²) in [6, 6.07) is 1.32. The molecule has 0 unspecified atom stereocenters. The average Bonchev–Trinajstić information content (AvgIpc) is 3.01. The van der Waals surface area contributed by atoms with Crippen LogP contribution in [-0.4, -0.2) is 44.4 Å². The van der Waals surface area contributed by atoms with Crippen molar-refractivity contribution in [2.24, 2.45) is 0 Å². The second-order valence-corrected chi connectivity index (χ2v) is 8.87. The van der Waals surface area contributed by atoms with Crippen LogP contribution in [0.15, 0.2) is 12.1 Å². The van der Waals surface area contributed by atoms with Gasteiger partial charge < -0.3 is 25.1 Å². The van der Waals surface area contributed by atoms with Gasteiger partial charge in [0.25, 0.3) is 0 Å². The molecule has 1 aromatic rings. The van der Waals surface area contributed by atoms with Crippen LogP contribution in [0.5, 0.6) is 11.8 Å². The number of esters is 1. The molecule has 0 radical (unpaired) electrons. The lowest BCUT2D eigenvalue weighted by atomic mass is 10.1. The van der Waals surface area contributed by atoms with Gasteiger partial charge in [-0.3, -0.25) is 4.79 Å². The Morgan fingerprint density at radius 1 is 0.969 bits per heavy atom. The molecule has 9 nitrogen and oxygen atoms in total. The summed E-state index contributed by atoms with van der Waals surface area (Å²) in [5.74, 6) is -2.58. The molecular weight excluding hydrogens is 416 g/mol. The highest BCUT2D eigenvalue weighted by molar-refractivity contribution is 5.85. The maximum absolute atomic E-state index is 12.5. The van der Waals surface area contributed by atoms with Crippen molar-refractivity contribution in [1.29, 1.82) is 0 Å². The second-order valence-electron chi connectivity index (χ2n) is 8.87. The smallest absolute Gasteiger partial charge is 0.333 e. The second kappa shape index (κ2) is 13.6. The fraction of sp³-hybridized carbons (Fsp3) is 0.696. The van der Waals surface area contributed by atoms with Gasteiger partial charge in [-0.05, 0) is 33.6 Å². The van der Waals surface area contributed by atoms with E-state index >= 15 is 0 Å². The number of carbonyl (C=O) groups excluding carboxylic acids is 3. The minimum absolute atomic E-state index is 0.0424. The molecule has 0 spiro atoms. The van der Waals surface area contributed by atoms with Crippen molar-refractivity contribution in [3.05, 3.63) is 12.1 Å². The Hall–Kier alpha value is -2.71. The van der Waals surface area contributed by atoms with Gasteiger partial charge in [-0.2, -0.15) is 0 Å². The van der Waals surface area contributed by atoms with Gasteiger partial charge in [0.1, 0.15) is 11.6 Å². The molecule has 182 valence electrons. The van der Waals surface area contributed by atoms with E-state index < -0.39 is 35.3 Å². The minimum Gasteiger partial charge on any atom is -0.492 e. The average molecular weight is 455 g/mol. The molecule has 3 N–H and O–H groups in total. The molecule has 1 aromatic heterocycles. The number of nitrogens with one attached hydrogen (secondary N) is 1. The molecule has 32 heavy (non-hydrogen) atoms. The van der Waals surface area contributed by atoms with Gasteiger partial charge in [-0.15, -0.1) is 4.73 Å². The summed E-state index contributed by atoms with van der Waals surface area (Å²) in [6.07, 6.45) is 7.55. The van der Waals surface area contributed by atoms with Crippen LogP contribution in [-0.2, 0) is 19.1 Å². The zero-order valence-electron chi connectivity index (χ0n) is 19.7. The number of aromatic hydroxyl groups is 2. The maximum atomic E-state index is 12.5. The Balaban J connectivity index is 2.56. The Morgan fingerprint density at radius 2 is 1.53 bits per heavy atom. The molecular formula is C23H38N2O7. The normalized spacial score (nSPS) is 12.2. The van der Waals surface area contributed by atoms with Crippen LogP contribution in [0.25, 0.3) is 0 Å². The van der Waals surface area contributed by atoms with Crippen molar-refractivity contribution < 1.29 is 34.2 Å². The minimum atomic E-state index is -1.01. The third-order valence-corrected chi connectivity index (χ3v) is 4.66. The van der Waals surface area contributed by atoms with Crippen LogP contribution >= 0.6 is 0 Å². The fourth-order valence-electron chi connectivity index (χ4n) is 3.04. The van der Waals surface area contributed by atoms with Gasteiger partial charge in [0.15, 0.2) is 0 Å². The van der Waals surface area contributed by atoms with E-state index in [4.69, 9.17) is 9.57 Å². The Bertz CT molecular complexity index is 718. The third kappa shape index (κ3) is 11.1. The summed E-state index contributed by atoms with van der Waals surface area (Å²) in [7, 11) is 0. The maximum Gasteiger partial charge on any atom is 0.333 e. The van der Waals surface area contributed by atoms with Crippen molar-refractivity contribution >= 4 is 17.8 Å². The first kappa shape index (κ1) is 27.3. The lowest BCUT2D eigenvalue weighted by Crippen LogP contribution is -2.44. The van der Waals surface area contributed by atoms with E-state index in [-0.39, 0.29) is 18.7 Å². The van der Waals surface area contributed by atoms with Gasteiger partial charge in [-0.25, -0.2) is 9.59 Å². The summed E-state index contributed by atoms with van der Waals surface area (Å²) < 4.78 is 5.94. The molecule has 0 saturated heterocycles. The molecule has 1 amide bonds. The number of amides is 1. The third-order valence-electron chi connectivity index (χ3n) is 4.66. The van der Waals surface area contributed by atoms with Gasteiger partial charge in [-0.1, -0.05) is 45.4 Å². The number of carbonyl (C=O) groups is 3. The quantitative estimate of drug-likeness (QED) is 0.289. The van der Waals surface area contributed by atoms with Crippen molar-refractivity contribution in [2.75, 3.05) is 0 Å². The number of rotatable bonds is 14. The first-order valence-corrected chi connectivity index (χ1v) is 11.4. The van der Waals surface area contributed by atoms with Crippen molar-refractivity contribution in [1.82, 2.24) is 10.0 Å². The van der Waals surface area contributed by atoms with Crippen molar-refractivity contribution in [2.45, 2.75) is 104 Å². The van der Waals surface area contributed by atoms with Gasteiger partial charge >= 0.3 is 11.9 Å². The first-order chi connectivity index (χ1) is 15.0. The summed E-state index contributed by atoms with van der Waals surface area (Å²) in [6.45, 7) is 7.32. The molecule has 9 heteroatoms. The molecule has 0 fully saturated rings. The number of hydrogen-bond donors (Lipinski definition) is 3. The highest BCUT2D eigenvalue weighted by Crippen LogP contribution is 2.19. The molecule has 0 aromatic carbocycles. The highest BCUT2D eigenvalue weighted by Gasteiger charge is 2.27. The van der Waals surface area contributed by atoms with Crippen LogP contribution in [0.1, 0.15) is 91.9 Å². The lowest BCUT2D eigenvalue weighted by molar-refractivity contribution is -0.159. The van der Waals surface area contributed by atoms with E-state index in [0.717, 1.165) is 37.8 Å². The summed E-state index contributed by atoms with van der Waals surface area (Å²) in [5.41, 5.74) is -0.748. The largest absolute Gasteiger partial charge is 0.492 e. The van der Waals surface area contributed by atoms with E-state index in [1.807, 2.05) is 0 Å². The SMILES string of the molecule is CCCCCCCCCC(=O)N[C@@H](CCC(=O)On1c(O)ccc1O)C(=O)OC(C)(C)C. The predicted molar refractivity (Wildman–Crippen MR) is 119 cm³/mol.